The third-order valence-corrected chi connectivity index (χ3v) is 5.11. The van der Waals surface area contributed by atoms with Gasteiger partial charge in [-0.05, 0) is 71.9 Å². The average Bonchev–Trinajstić information content (AvgIpc) is 2.51. The number of rotatable bonds is 5. The number of ether oxygens (including phenoxy) is 1. The van der Waals surface area contributed by atoms with E-state index in [1.54, 1.807) is 7.11 Å². The minimum absolute atomic E-state index is 0.116. The zero-order chi connectivity index (χ0) is 18.8. The van der Waals surface area contributed by atoms with Gasteiger partial charge in [0.05, 0.1) is 7.11 Å². The minimum Gasteiger partial charge on any atom is -0.497 e. The topological polar surface area (TPSA) is 9.23 Å². The Labute approximate surface area is 154 Å². The molecular formula is C24H34O. The molecule has 0 bridgehead atoms. The monoisotopic (exact) mass is 338 g/mol. The van der Waals surface area contributed by atoms with E-state index in [-0.39, 0.29) is 10.8 Å². The lowest BCUT2D eigenvalue weighted by Crippen LogP contribution is -2.19. The van der Waals surface area contributed by atoms with Crippen LogP contribution in [0.3, 0.4) is 0 Å². The lowest BCUT2D eigenvalue weighted by molar-refractivity contribution is 0.409. The first-order valence-corrected chi connectivity index (χ1v) is 9.28. The zero-order valence-corrected chi connectivity index (χ0v) is 17.3. The zero-order valence-electron chi connectivity index (χ0n) is 17.3. The molecule has 2 aromatic rings. The van der Waals surface area contributed by atoms with Gasteiger partial charge in [0.1, 0.15) is 5.75 Å². The highest BCUT2D eigenvalue weighted by atomic mass is 16.5. The maximum atomic E-state index is 5.46. The first kappa shape index (κ1) is 19.6. The molecule has 1 heteroatoms. The summed E-state index contributed by atoms with van der Waals surface area (Å²) in [5, 5.41) is 0. The number of methoxy groups -OCH3 is 1. The van der Waals surface area contributed by atoms with Crippen LogP contribution in [0.2, 0.25) is 0 Å². The molecule has 0 unspecified atom stereocenters. The Hall–Kier alpha value is -1.76. The SMILES string of the molecule is COc1cc(C)cc(C(C)(C)CCc2cc(C)cc(C(C)(C)C)c2)c1. The molecule has 0 aliphatic rings. The largest absolute Gasteiger partial charge is 0.497 e. The van der Waals surface area contributed by atoms with Crippen LogP contribution in [0.5, 0.6) is 5.75 Å². The summed E-state index contributed by atoms with van der Waals surface area (Å²) in [5.74, 6) is 0.952. The smallest absolute Gasteiger partial charge is 0.119 e. The summed E-state index contributed by atoms with van der Waals surface area (Å²) in [6.45, 7) is 15.9. The fourth-order valence-corrected chi connectivity index (χ4v) is 3.30. The van der Waals surface area contributed by atoms with E-state index < -0.39 is 0 Å². The van der Waals surface area contributed by atoms with Crippen LogP contribution in [0.4, 0.5) is 0 Å². The molecule has 0 N–H and O–H groups in total. The Kier molecular flexibility index (Phi) is 5.66. The van der Waals surface area contributed by atoms with Crippen LogP contribution in [0.15, 0.2) is 36.4 Å². The van der Waals surface area contributed by atoms with Crippen molar-refractivity contribution in [3.8, 4) is 5.75 Å². The van der Waals surface area contributed by atoms with E-state index in [1.807, 2.05) is 0 Å². The summed E-state index contributed by atoms with van der Waals surface area (Å²) in [5.41, 5.74) is 7.15. The molecule has 0 saturated carbocycles. The van der Waals surface area contributed by atoms with E-state index in [0.29, 0.717) is 0 Å². The van der Waals surface area contributed by atoms with Crippen molar-refractivity contribution in [2.24, 2.45) is 0 Å². The molecule has 0 saturated heterocycles. The molecule has 0 atom stereocenters. The predicted molar refractivity (Wildman–Crippen MR) is 109 cm³/mol. The lowest BCUT2D eigenvalue weighted by Gasteiger charge is -2.27. The van der Waals surface area contributed by atoms with Gasteiger partial charge >= 0.3 is 0 Å². The highest BCUT2D eigenvalue weighted by Crippen LogP contribution is 2.33. The second-order valence-electron chi connectivity index (χ2n) is 9.08. The van der Waals surface area contributed by atoms with Crippen LogP contribution < -0.4 is 4.74 Å². The minimum atomic E-state index is 0.116. The fourth-order valence-electron chi connectivity index (χ4n) is 3.30. The van der Waals surface area contributed by atoms with Crippen molar-refractivity contribution in [3.05, 3.63) is 64.2 Å². The fraction of sp³-hybridized carbons (Fsp3) is 0.500. The Balaban J connectivity index is 2.22. The van der Waals surface area contributed by atoms with Gasteiger partial charge in [-0.2, -0.15) is 0 Å². The van der Waals surface area contributed by atoms with Crippen molar-refractivity contribution in [3.63, 3.8) is 0 Å². The molecule has 0 radical (unpaired) electrons. The van der Waals surface area contributed by atoms with Gasteiger partial charge in [0.25, 0.3) is 0 Å². The van der Waals surface area contributed by atoms with Gasteiger partial charge in [-0.3, -0.25) is 0 Å². The molecule has 0 spiro atoms. The highest BCUT2D eigenvalue weighted by molar-refractivity contribution is 5.38. The van der Waals surface area contributed by atoms with Crippen LogP contribution in [-0.4, -0.2) is 7.11 Å². The Bertz CT molecular complexity index is 732. The van der Waals surface area contributed by atoms with E-state index in [4.69, 9.17) is 4.74 Å². The molecular weight excluding hydrogens is 304 g/mol. The van der Waals surface area contributed by atoms with Crippen molar-refractivity contribution >= 4 is 0 Å². The Morgan fingerprint density at radius 1 is 0.760 bits per heavy atom. The molecule has 25 heavy (non-hydrogen) atoms. The molecule has 136 valence electrons. The highest BCUT2D eigenvalue weighted by Gasteiger charge is 2.22. The van der Waals surface area contributed by atoms with Gasteiger partial charge in [-0.15, -0.1) is 0 Å². The van der Waals surface area contributed by atoms with Gasteiger partial charge < -0.3 is 4.74 Å². The summed E-state index contributed by atoms with van der Waals surface area (Å²) in [4.78, 5) is 0. The Morgan fingerprint density at radius 2 is 1.36 bits per heavy atom. The van der Waals surface area contributed by atoms with Crippen LogP contribution in [0.25, 0.3) is 0 Å². The van der Waals surface area contributed by atoms with E-state index >= 15 is 0 Å². The van der Waals surface area contributed by atoms with Crippen LogP contribution in [-0.2, 0) is 17.3 Å². The van der Waals surface area contributed by atoms with Crippen molar-refractivity contribution in [1.82, 2.24) is 0 Å². The van der Waals surface area contributed by atoms with Gasteiger partial charge in [0.15, 0.2) is 0 Å². The summed E-state index contributed by atoms with van der Waals surface area (Å²) in [6.07, 6.45) is 2.21. The number of benzene rings is 2. The first-order chi connectivity index (χ1) is 11.5. The van der Waals surface area contributed by atoms with Crippen molar-refractivity contribution in [2.75, 3.05) is 7.11 Å². The molecule has 0 aliphatic carbocycles. The maximum Gasteiger partial charge on any atom is 0.119 e. The quantitative estimate of drug-likeness (QED) is 0.603. The van der Waals surface area contributed by atoms with Crippen LogP contribution in [0.1, 0.15) is 68.9 Å². The third-order valence-electron chi connectivity index (χ3n) is 5.11. The van der Waals surface area contributed by atoms with Crippen LogP contribution in [0, 0.1) is 13.8 Å². The van der Waals surface area contributed by atoms with E-state index in [9.17, 15) is 0 Å². The average molecular weight is 339 g/mol. The molecule has 0 fully saturated rings. The first-order valence-electron chi connectivity index (χ1n) is 9.28. The summed E-state index contributed by atoms with van der Waals surface area (Å²) in [6, 6.07) is 13.6. The summed E-state index contributed by atoms with van der Waals surface area (Å²) in [7, 11) is 1.74. The molecule has 2 aromatic carbocycles. The lowest BCUT2D eigenvalue weighted by atomic mass is 9.78. The van der Waals surface area contributed by atoms with Gasteiger partial charge in [-0.25, -0.2) is 0 Å². The van der Waals surface area contributed by atoms with Crippen LogP contribution >= 0.6 is 0 Å². The van der Waals surface area contributed by atoms with Crippen molar-refractivity contribution < 1.29 is 4.74 Å². The van der Waals surface area contributed by atoms with Crippen molar-refractivity contribution in [1.29, 1.82) is 0 Å². The van der Waals surface area contributed by atoms with Gasteiger partial charge in [-0.1, -0.05) is 64.4 Å². The number of hydrogen-bond donors (Lipinski definition) is 0. The molecule has 0 heterocycles. The molecule has 1 nitrogen and oxygen atoms in total. The molecule has 0 amide bonds. The van der Waals surface area contributed by atoms with Gasteiger partial charge in [0.2, 0.25) is 0 Å². The predicted octanol–water partition coefficient (Wildman–Crippen LogP) is 6.52. The van der Waals surface area contributed by atoms with E-state index in [2.05, 4.69) is 84.9 Å². The Morgan fingerprint density at radius 3 is 1.96 bits per heavy atom. The van der Waals surface area contributed by atoms with Gasteiger partial charge in [0, 0.05) is 0 Å². The second-order valence-corrected chi connectivity index (χ2v) is 9.08. The van der Waals surface area contributed by atoms with Crippen molar-refractivity contribution in [2.45, 2.75) is 72.1 Å². The summed E-state index contributed by atoms with van der Waals surface area (Å²) >= 11 is 0. The molecule has 0 aliphatic heterocycles. The van der Waals surface area contributed by atoms with E-state index in [0.717, 1.165) is 18.6 Å². The number of aryl methyl sites for hydroxylation is 3. The summed E-state index contributed by atoms with van der Waals surface area (Å²) < 4.78 is 5.46. The normalized spacial score (nSPS) is 12.3. The molecule has 2 rings (SSSR count). The second kappa shape index (κ2) is 7.23. The van der Waals surface area contributed by atoms with E-state index in [1.165, 1.54) is 27.8 Å². The number of hydrogen-bond acceptors (Lipinski definition) is 1. The molecule has 0 aromatic heterocycles. The standard InChI is InChI=1S/C24H34O/c1-17-11-19(15-20(12-17)23(3,4)5)9-10-24(6,7)21-13-18(2)14-22(16-21)25-8/h11-16H,9-10H2,1-8H3. The third kappa shape index (κ3) is 5.11. The maximum absolute atomic E-state index is 5.46.